The van der Waals surface area contributed by atoms with Crippen molar-refractivity contribution < 1.29 is 19.0 Å². The van der Waals surface area contributed by atoms with Crippen LogP contribution in [0.2, 0.25) is 25.7 Å². The molecule has 48 heavy (non-hydrogen) atoms. The van der Waals surface area contributed by atoms with Crippen LogP contribution >= 0.6 is 0 Å². The number of hydrogen-bond acceptors (Lipinski definition) is 9. The summed E-state index contributed by atoms with van der Waals surface area (Å²) in [6, 6.07) is 14.2. The molecule has 12 heteroatoms. The van der Waals surface area contributed by atoms with Crippen LogP contribution in [-0.2, 0) is 27.5 Å². The van der Waals surface area contributed by atoms with Gasteiger partial charge in [0, 0.05) is 32.7 Å². The van der Waals surface area contributed by atoms with Gasteiger partial charge in [-0.2, -0.15) is 10.4 Å². The van der Waals surface area contributed by atoms with E-state index in [1.807, 2.05) is 41.8 Å². The molecule has 0 radical (unpaired) electrons. The van der Waals surface area contributed by atoms with E-state index < -0.39 is 25.6 Å². The Morgan fingerprint density at radius 2 is 1.88 bits per heavy atom. The number of benzene rings is 2. The molecule has 256 valence electrons. The number of nitrogens with zero attached hydrogens (tertiary/aromatic N) is 6. The van der Waals surface area contributed by atoms with E-state index in [0.717, 1.165) is 24.4 Å². The maximum atomic E-state index is 13.9. The van der Waals surface area contributed by atoms with Gasteiger partial charge in [-0.3, -0.25) is 14.3 Å². The van der Waals surface area contributed by atoms with Crippen LogP contribution in [0.4, 0.5) is 0 Å². The van der Waals surface area contributed by atoms with Crippen LogP contribution in [0.3, 0.4) is 0 Å². The van der Waals surface area contributed by atoms with Crippen LogP contribution in [0.25, 0.3) is 21.9 Å². The maximum absolute atomic E-state index is 13.9. The monoisotopic (exact) mass is 672 g/mol. The first-order valence-electron chi connectivity index (χ1n) is 16.6. The van der Waals surface area contributed by atoms with E-state index in [0.29, 0.717) is 52.7 Å². The normalized spacial score (nSPS) is 14.4. The van der Waals surface area contributed by atoms with Crippen molar-refractivity contribution in [3.63, 3.8) is 0 Å². The maximum Gasteiger partial charge on any atom is 0.317 e. The third-order valence-electron chi connectivity index (χ3n) is 8.19. The first-order valence-corrected chi connectivity index (χ1v) is 20.4. The summed E-state index contributed by atoms with van der Waals surface area (Å²) in [5.74, 6) is 0.285. The first-order chi connectivity index (χ1) is 22.6. The number of carbonyl (C=O) groups is 1. The van der Waals surface area contributed by atoms with Crippen molar-refractivity contribution >= 4 is 36.0 Å². The van der Waals surface area contributed by atoms with Crippen LogP contribution in [0.15, 0.2) is 41.2 Å². The number of para-hydroxylation sites is 1. The summed E-state index contributed by atoms with van der Waals surface area (Å²) in [6.07, 6.45) is 2.28. The second-order valence-electron chi connectivity index (χ2n) is 15.2. The van der Waals surface area contributed by atoms with Gasteiger partial charge in [-0.15, -0.1) is 0 Å². The summed E-state index contributed by atoms with van der Waals surface area (Å²) in [7, 11) is 2.37. The van der Waals surface area contributed by atoms with Crippen molar-refractivity contribution in [2.24, 2.45) is 5.92 Å². The number of aromatic nitrogens is 4. The van der Waals surface area contributed by atoms with E-state index in [9.17, 15) is 14.9 Å². The second kappa shape index (κ2) is 14.2. The summed E-state index contributed by atoms with van der Waals surface area (Å²) >= 11 is 0. The van der Waals surface area contributed by atoms with Gasteiger partial charge >= 0.3 is 5.97 Å². The summed E-state index contributed by atoms with van der Waals surface area (Å²) in [6.45, 7) is 14.2. The Hall–Kier alpha value is -4.05. The van der Waals surface area contributed by atoms with Crippen LogP contribution in [0.5, 0.6) is 5.75 Å². The lowest BCUT2D eigenvalue weighted by Crippen LogP contribution is -2.36. The highest BCUT2D eigenvalue weighted by Crippen LogP contribution is 2.32. The SMILES string of the molecule is CN(C)CC(C(=O)OC(C)(C)C)c1nn(Cc2nc3cc(C#N)c(OCC4CC4)cc3n2COCC[Si](C)(C)C)c2ccccc2c1=O. The van der Waals surface area contributed by atoms with Gasteiger partial charge in [0.25, 0.3) is 0 Å². The lowest BCUT2D eigenvalue weighted by molar-refractivity contribution is -0.157. The van der Waals surface area contributed by atoms with Crippen molar-refractivity contribution in [3.05, 3.63) is 63.7 Å². The van der Waals surface area contributed by atoms with Crippen molar-refractivity contribution in [3.8, 4) is 11.8 Å². The zero-order chi connectivity index (χ0) is 34.8. The zero-order valence-corrected chi connectivity index (χ0v) is 30.5. The Labute approximate surface area is 283 Å². The number of esters is 1. The van der Waals surface area contributed by atoms with Gasteiger partial charge in [-0.25, -0.2) is 4.98 Å². The minimum absolute atomic E-state index is 0.119. The Morgan fingerprint density at radius 3 is 2.52 bits per heavy atom. The van der Waals surface area contributed by atoms with E-state index in [1.54, 1.807) is 43.7 Å². The lowest BCUT2D eigenvalue weighted by atomic mass is 10.0. The fourth-order valence-electron chi connectivity index (χ4n) is 5.45. The van der Waals surface area contributed by atoms with Gasteiger partial charge < -0.3 is 23.7 Å². The van der Waals surface area contributed by atoms with Crippen LogP contribution in [0.1, 0.15) is 56.6 Å². The molecule has 1 unspecified atom stereocenters. The molecule has 1 saturated carbocycles. The number of rotatable bonds is 14. The molecule has 0 aliphatic heterocycles. The average molecular weight is 673 g/mol. The van der Waals surface area contributed by atoms with Gasteiger partial charge in [0.1, 0.15) is 41.6 Å². The number of ether oxygens (including phenoxy) is 3. The zero-order valence-electron chi connectivity index (χ0n) is 29.5. The number of hydrogen-bond donors (Lipinski definition) is 0. The fourth-order valence-corrected chi connectivity index (χ4v) is 6.21. The van der Waals surface area contributed by atoms with E-state index in [-0.39, 0.29) is 30.9 Å². The molecule has 0 saturated heterocycles. The summed E-state index contributed by atoms with van der Waals surface area (Å²) in [5, 5.41) is 15.3. The Bertz CT molecular complexity index is 1890. The number of fused-ring (bicyclic) bond motifs is 2. The molecule has 1 aliphatic rings. The Balaban J connectivity index is 1.62. The van der Waals surface area contributed by atoms with E-state index >= 15 is 0 Å². The molecule has 2 aromatic carbocycles. The molecular formula is C36H48N6O5Si. The number of imidazole rings is 1. The van der Waals surface area contributed by atoms with Crippen LogP contribution in [-0.4, -0.2) is 77.7 Å². The average Bonchev–Trinajstić information content (AvgIpc) is 3.78. The van der Waals surface area contributed by atoms with Crippen molar-refractivity contribution in [2.45, 2.75) is 84.1 Å². The molecule has 2 heterocycles. The van der Waals surface area contributed by atoms with Crippen molar-refractivity contribution in [1.29, 1.82) is 5.26 Å². The summed E-state index contributed by atoms with van der Waals surface area (Å²) < 4.78 is 21.8. The molecule has 1 aliphatic carbocycles. The molecular weight excluding hydrogens is 625 g/mol. The predicted octanol–water partition coefficient (Wildman–Crippen LogP) is 5.75. The second-order valence-corrected chi connectivity index (χ2v) is 20.9. The molecule has 4 aromatic rings. The Morgan fingerprint density at radius 1 is 1.15 bits per heavy atom. The predicted molar refractivity (Wildman–Crippen MR) is 189 cm³/mol. The van der Waals surface area contributed by atoms with Crippen molar-refractivity contribution in [2.75, 3.05) is 33.9 Å². The third kappa shape index (κ3) is 8.69. The first kappa shape index (κ1) is 35.3. The van der Waals surface area contributed by atoms with Gasteiger partial charge in [0.15, 0.2) is 0 Å². The number of carbonyl (C=O) groups excluding carboxylic acids is 1. The largest absolute Gasteiger partial charge is 0.492 e. The molecule has 0 amide bonds. The van der Waals surface area contributed by atoms with Gasteiger partial charge in [-0.05, 0) is 77.9 Å². The molecule has 0 bridgehead atoms. The van der Waals surface area contributed by atoms with E-state index in [2.05, 4.69) is 25.7 Å². The van der Waals surface area contributed by atoms with Crippen LogP contribution in [0, 0.1) is 17.2 Å². The topological polar surface area (TPSA) is 125 Å². The molecule has 1 atom stereocenters. The van der Waals surface area contributed by atoms with Gasteiger partial charge in [-0.1, -0.05) is 31.8 Å². The van der Waals surface area contributed by atoms with Gasteiger partial charge in [0.2, 0.25) is 5.43 Å². The fraction of sp³-hybridized carbons (Fsp3) is 0.528. The minimum atomic E-state index is -1.32. The van der Waals surface area contributed by atoms with E-state index in [1.165, 1.54) is 0 Å². The number of likely N-dealkylation sites (N-methyl/N-ethyl adjacent to an activating group) is 1. The standard InChI is InChI=1S/C36H48N6O5Si/c1-36(2,3)47-35(44)27(20-40(4)5)33-34(43)26-11-9-10-12-29(26)42(39-33)21-32-38-28-17-25(19-37)31(46-22-24-13-14-24)18-30(28)41(32)23-45-15-16-48(6,7)8/h9-12,17-18,24,27H,13-16,20-23H2,1-8H3. The van der Waals surface area contributed by atoms with Crippen molar-refractivity contribution in [1.82, 2.24) is 24.2 Å². The summed E-state index contributed by atoms with van der Waals surface area (Å²) in [4.78, 5) is 34.3. The molecule has 11 nitrogen and oxygen atoms in total. The Kier molecular flexibility index (Phi) is 10.4. The van der Waals surface area contributed by atoms with Gasteiger partial charge in [0.05, 0.1) is 35.3 Å². The minimum Gasteiger partial charge on any atom is -0.492 e. The smallest absolute Gasteiger partial charge is 0.317 e. The number of nitriles is 1. The molecule has 0 spiro atoms. The highest BCUT2D eigenvalue weighted by molar-refractivity contribution is 6.76. The van der Waals surface area contributed by atoms with Crippen LogP contribution < -0.4 is 10.2 Å². The quantitative estimate of drug-likeness (QED) is 0.0935. The molecule has 5 rings (SSSR count). The van der Waals surface area contributed by atoms with E-state index in [4.69, 9.17) is 24.3 Å². The lowest BCUT2D eigenvalue weighted by Gasteiger charge is -2.25. The highest BCUT2D eigenvalue weighted by atomic mass is 28.3. The molecule has 2 aromatic heterocycles. The molecule has 1 fully saturated rings. The highest BCUT2D eigenvalue weighted by Gasteiger charge is 2.32. The third-order valence-corrected chi connectivity index (χ3v) is 9.89. The summed E-state index contributed by atoms with van der Waals surface area (Å²) in [5.41, 5.74) is 1.54. The molecule has 0 N–H and O–H groups in total.